The van der Waals surface area contributed by atoms with Gasteiger partial charge in [-0.05, 0) is 62.7 Å². The van der Waals surface area contributed by atoms with Gasteiger partial charge in [0.2, 0.25) is 0 Å². The number of likely N-dealkylation sites (N-methyl/N-ethyl adjacent to an activating group) is 1. The van der Waals surface area contributed by atoms with Crippen LogP contribution < -0.4 is 9.47 Å². The highest BCUT2D eigenvalue weighted by Gasteiger charge is 2.31. The van der Waals surface area contributed by atoms with Gasteiger partial charge in [0.05, 0.1) is 0 Å². The van der Waals surface area contributed by atoms with Crippen LogP contribution >= 0.6 is 0 Å². The zero-order valence-corrected chi connectivity index (χ0v) is 16.2. The number of para-hydroxylation sites is 1. The van der Waals surface area contributed by atoms with Gasteiger partial charge in [0.15, 0.2) is 6.23 Å². The number of aliphatic hydroxyl groups is 1. The van der Waals surface area contributed by atoms with Crippen molar-refractivity contribution in [2.24, 2.45) is 0 Å². The molecular formula is C21H26F3NO3. The molecule has 2 aromatic rings. The van der Waals surface area contributed by atoms with Crippen LogP contribution in [-0.2, 0) is 12.8 Å². The quantitative estimate of drug-likeness (QED) is 0.637. The third-order valence-electron chi connectivity index (χ3n) is 4.29. The molecule has 0 spiro atoms. The van der Waals surface area contributed by atoms with Gasteiger partial charge in [0.25, 0.3) is 0 Å². The number of halogens is 3. The van der Waals surface area contributed by atoms with Gasteiger partial charge in [-0.3, -0.25) is 4.90 Å². The molecule has 0 heterocycles. The van der Waals surface area contributed by atoms with Crippen molar-refractivity contribution in [1.29, 1.82) is 0 Å². The fraction of sp³-hybridized carbons (Fsp3) is 0.429. The Labute approximate surface area is 163 Å². The third kappa shape index (κ3) is 6.73. The normalized spacial score (nSPS) is 14.0. The van der Waals surface area contributed by atoms with E-state index in [0.29, 0.717) is 25.0 Å². The molecule has 154 valence electrons. The number of alkyl halides is 3. The van der Waals surface area contributed by atoms with Gasteiger partial charge in [-0.25, -0.2) is 0 Å². The lowest BCUT2D eigenvalue weighted by Gasteiger charge is -2.29. The number of aliphatic hydroxyl groups excluding tert-OH is 1. The Balaban J connectivity index is 2.10. The molecule has 2 atom stereocenters. The summed E-state index contributed by atoms with van der Waals surface area (Å²) >= 11 is 0. The van der Waals surface area contributed by atoms with Crippen molar-refractivity contribution >= 4 is 0 Å². The summed E-state index contributed by atoms with van der Waals surface area (Å²) < 4.78 is 47.2. The molecule has 0 aromatic heterocycles. The van der Waals surface area contributed by atoms with Crippen molar-refractivity contribution < 1.29 is 27.8 Å². The van der Waals surface area contributed by atoms with Crippen LogP contribution in [0.4, 0.5) is 13.2 Å². The summed E-state index contributed by atoms with van der Waals surface area (Å²) in [5.74, 6) is 0.421. The van der Waals surface area contributed by atoms with Crippen LogP contribution in [0.1, 0.15) is 24.5 Å². The van der Waals surface area contributed by atoms with Crippen LogP contribution in [0.25, 0.3) is 0 Å². The van der Waals surface area contributed by atoms with E-state index >= 15 is 0 Å². The molecule has 0 saturated carbocycles. The molecule has 28 heavy (non-hydrogen) atoms. The van der Waals surface area contributed by atoms with Crippen molar-refractivity contribution in [3.05, 3.63) is 59.7 Å². The highest BCUT2D eigenvalue weighted by Crippen LogP contribution is 2.26. The first-order chi connectivity index (χ1) is 13.2. The summed E-state index contributed by atoms with van der Waals surface area (Å²) in [4.78, 5) is 1.81. The predicted octanol–water partition coefficient (Wildman–Crippen LogP) is 4.41. The number of hydrogen-bond donors (Lipinski definition) is 1. The Morgan fingerprint density at radius 3 is 2.39 bits per heavy atom. The number of nitrogens with zero attached hydrogens (tertiary/aromatic N) is 1. The number of rotatable bonds is 9. The summed E-state index contributed by atoms with van der Waals surface area (Å²) in [6.45, 7) is 1.88. The minimum atomic E-state index is -4.71. The molecule has 0 saturated heterocycles. The predicted molar refractivity (Wildman–Crippen MR) is 101 cm³/mol. The maximum atomic E-state index is 12.4. The van der Waals surface area contributed by atoms with E-state index in [1.807, 2.05) is 50.2 Å². The molecule has 0 radical (unpaired) electrons. The van der Waals surface area contributed by atoms with Crippen molar-refractivity contribution in [3.8, 4) is 11.5 Å². The van der Waals surface area contributed by atoms with Crippen LogP contribution in [0.5, 0.6) is 11.5 Å². The summed E-state index contributed by atoms with van der Waals surface area (Å²) in [6, 6.07) is 13.4. The van der Waals surface area contributed by atoms with Crippen molar-refractivity contribution in [3.63, 3.8) is 0 Å². The van der Waals surface area contributed by atoms with E-state index in [4.69, 9.17) is 4.74 Å². The monoisotopic (exact) mass is 397 g/mol. The van der Waals surface area contributed by atoms with E-state index in [9.17, 15) is 18.3 Å². The lowest BCUT2D eigenvalue weighted by atomic mass is 10.0. The van der Waals surface area contributed by atoms with E-state index in [1.54, 1.807) is 12.1 Å². The second-order valence-corrected chi connectivity index (χ2v) is 6.75. The molecule has 1 N–H and O–H groups in total. The number of aryl methyl sites for hydroxylation is 2. The highest BCUT2D eigenvalue weighted by molar-refractivity contribution is 5.35. The van der Waals surface area contributed by atoms with Gasteiger partial charge in [-0.15, -0.1) is 13.2 Å². The Kier molecular flexibility index (Phi) is 7.71. The van der Waals surface area contributed by atoms with Gasteiger partial charge in [-0.1, -0.05) is 37.3 Å². The Hall–Kier alpha value is -2.25. The first-order valence-corrected chi connectivity index (χ1v) is 9.13. The van der Waals surface area contributed by atoms with E-state index in [-0.39, 0.29) is 5.75 Å². The highest BCUT2D eigenvalue weighted by atomic mass is 19.4. The minimum absolute atomic E-state index is 0.228. The first-order valence-electron chi connectivity index (χ1n) is 9.13. The van der Waals surface area contributed by atoms with E-state index in [0.717, 1.165) is 11.1 Å². The average Bonchev–Trinajstić information content (AvgIpc) is 2.63. The molecule has 0 aliphatic rings. The molecule has 4 nitrogen and oxygen atoms in total. The van der Waals surface area contributed by atoms with Crippen molar-refractivity contribution in [2.45, 2.75) is 44.9 Å². The van der Waals surface area contributed by atoms with Crippen LogP contribution in [0.3, 0.4) is 0 Å². The molecule has 2 unspecified atom stereocenters. The van der Waals surface area contributed by atoms with Crippen molar-refractivity contribution in [2.75, 3.05) is 14.1 Å². The van der Waals surface area contributed by atoms with Gasteiger partial charge in [-0.2, -0.15) is 0 Å². The van der Waals surface area contributed by atoms with E-state index in [2.05, 4.69) is 4.74 Å². The smallest absolute Gasteiger partial charge is 0.472 e. The molecule has 7 heteroatoms. The zero-order valence-electron chi connectivity index (χ0n) is 16.2. The lowest BCUT2D eigenvalue weighted by Crippen LogP contribution is -2.43. The third-order valence-corrected chi connectivity index (χ3v) is 4.29. The van der Waals surface area contributed by atoms with Gasteiger partial charge in [0, 0.05) is 0 Å². The maximum Gasteiger partial charge on any atom is 0.573 e. The molecule has 0 bridgehead atoms. The zero-order chi connectivity index (χ0) is 20.7. The lowest BCUT2D eigenvalue weighted by molar-refractivity contribution is -0.274. The molecule has 2 aromatic carbocycles. The minimum Gasteiger partial charge on any atom is -0.472 e. The second-order valence-electron chi connectivity index (χ2n) is 6.75. The van der Waals surface area contributed by atoms with Gasteiger partial charge < -0.3 is 14.6 Å². The molecule has 0 amide bonds. The number of benzene rings is 2. The first kappa shape index (κ1) is 22.0. The topological polar surface area (TPSA) is 41.9 Å². The Morgan fingerprint density at radius 1 is 1.04 bits per heavy atom. The molecule has 0 fully saturated rings. The average molecular weight is 397 g/mol. The fourth-order valence-electron chi connectivity index (χ4n) is 2.86. The van der Waals surface area contributed by atoms with E-state index < -0.39 is 18.7 Å². The largest absolute Gasteiger partial charge is 0.573 e. The Morgan fingerprint density at radius 2 is 1.75 bits per heavy atom. The Bertz CT molecular complexity index is 750. The van der Waals surface area contributed by atoms with Crippen molar-refractivity contribution in [1.82, 2.24) is 4.90 Å². The van der Waals surface area contributed by atoms with E-state index in [1.165, 1.54) is 12.1 Å². The van der Waals surface area contributed by atoms with Gasteiger partial charge >= 0.3 is 6.36 Å². The molecule has 2 rings (SSSR count). The molecule has 0 aliphatic heterocycles. The van der Waals surface area contributed by atoms with Gasteiger partial charge in [0.1, 0.15) is 17.6 Å². The number of ether oxygens (including phenoxy) is 2. The second kappa shape index (κ2) is 9.80. The SMILES string of the molecule is CCC(O)C(Oc1ccccc1CCc1cccc(OC(F)(F)F)c1)N(C)C. The summed E-state index contributed by atoms with van der Waals surface area (Å²) in [7, 11) is 3.66. The molecular weight excluding hydrogens is 371 g/mol. The summed E-state index contributed by atoms with van der Waals surface area (Å²) in [5.41, 5.74) is 1.65. The number of hydrogen-bond acceptors (Lipinski definition) is 4. The summed E-state index contributed by atoms with van der Waals surface area (Å²) in [6.07, 6.45) is -4.18. The van der Waals surface area contributed by atoms with Crippen LogP contribution in [0.2, 0.25) is 0 Å². The fourth-order valence-corrected chi connectivity index (χ4v) is 2.86. The maximum absolute atomic E-state index is 12.4. The van der Waals surface area contributed by atoms with Crippen LogP contribution in [0.15, 0.2) is 48.5 Å². The van der Waals surface area contributed by atoms with Crippen LogP contribution in [-0.4, -0.2) is 42.8 Å². The standard InChI is InChI=1S/C21H26F3NO3/c1-4-18(26)20(25(2)3)27-19-11-6-5-9-16(19)13-12-15-8-7-10-17(14-15)28-21(22,23)24/h5-11,14,18,20,26H,4,12-13H2,1-3H3. The summed E-state index contributed by atoms with van der Waals surface area (Å²) in [5, 5.41) is 10.2. The van der Waals surface area contributed by atoms with Crippen LogP contribution in [0, 0.1) is 0 Å². The molecule has 0 aliphatic carbocycles.